The predicted molar refractivity (Wildman–Crippen MR) is 112 cm³/mol. The average molecular weight is 436 g/mol. The molecule has 0 atom stereocenters. The summed E-state index contributed by atoms with van der Waals surface area (Å²) in [5.74, 6) is -0.486. The van der Waals surface area contributed by atoms with Gasteiger partial charge in [-0.15, -0.1) is 0 Å². The van der Waals surface area contributed by atoms with Crippen molar-refractivity contribution in [3.63, 3.8) is 0 Å². The van der Waals surface area contributed by atoms with Gasteiger partial charge in [0.05, 0.1) is 25.7 Å². The number of anilines is 1. The number of para-hydroxylation sites is 1. The summed E-state index contributed by atoms with van der Waals surface area (Å²) >= 11 is 7.53. The molecule has 0 spiro atoms. The van der Waals surface area contributed by atoms with Gasteiger partial charge in [0.15, 0.2) is 5.13 Å². The molecule has 0 unspecified atom stereocenters. The van der Waals surface area contributed by atoms with E-state index in [1.165, 1.54) is 33.8 Å². The number of nitrogens with one attached hydrogen (secondary N) is 1. The Hall–Kier alpha value is -2.00. The van der Waals surface area contributed by atoms with Crippen molar-refractivity contribution in [2.45, 2.75) is 24.2 Å². The fourth-order valence-electron chi connectivity index (χ4n) is 3.18. The molecule has 146 valence electrons. The summed E-state index contributed by atoms with van der Waals surface area (Å²) in [7, 11) is -3.65. The van der Waals surface area contributed by atoms with Crippen LogP contribution in [0.25, 0.3) is 10.2 Å². The van der Waals surface area contributed by atoms with Gasteiger partial charge >= 0.3 is 0 Å². The van der Waals surface area contributed by atoms with E-state index in [4.69, 9.17) is 11.6 Å². The van der Waals surface area contributed by atoms with Gasteiger partial charge in [-0.3, -0.25) is 10.1 Å². The first-order valence-electron chi connectivity index (χ1n) is 8.92. The number of sulfonamides is 1. The molecular formula is C19H18ClN3O3S2. The third kappa shape index (κ3) is 3.77. The van der Waals surface area contributed by atoms with Gasteiger partial charge in [0.1, 0.15) is 0 Å². The molecule has 1 amide bonds. The summed E-state index contributed by atoms with van der Waals surface area (Å²) in [5.41, 5.74) is 0.898. The van der Waals surface area contributed by atoms with Crippen molar-refractivity contribution in [1.82, 2.24) is 9.29 Å². The monoisotopic (exact) mass is 435 g/mol. The lowest BCUT2D eigenvalue weighted by Gasteiger charge is -2.26. The quantitative estimate of drug-likeness (QED) is 0.659. The molecule has 1 N–H and O–H groups in total. The fraction of sp³-hybridized carbons (Fsp3) is 0.263. The minimum atomic E-state index is -3.65. The molecule has 4 rings (SSSR count). The standard InChI is InChI=1S/C19H18ClN3O3S2/c20-15-9-8-13(28(25,26)23-10-4-1-5-11-23)12-14(15)18(24)22-19-21-16-6-2-3-7-17(16)27-19/h2-3,6-9,12H,1,4-5,10-11H2,(H,21,22,24). The zero-order valence-electron chi connectivity index (χ0n) is 14.9. The third-order valence-electron chi connectivity index (χ3n) is 4.65. The van der Waals surface area contributed by atoms with Crippen LogP contribution in [0.1, 0.15) is 29.6 Å². The molecule has 1 aliphatic heterocycles. The van der Waals surface area contributed by atoms with E-state index in [1.807, 2.05) is 24.3 Å². The highest BCUT2D eigenvalue weighted by molar-refractivity contribution is 7.89. The van der Waals surface area contributed by atoms with Gasteiger partial charge in [0, 0.05) is 13.1 Å². The number of nitrogens with zero attached hydrogens (tertiary/aromatic N) is 2. The molecule has 3 aromatic rings. The van der Waals surface area contributed by atoms with Crippen LogP contribution in [-0.4, -0.2) is 36.7 Å². The van der Waals surface area contributed by atoms with Crippen molar-refractivity contribution < 1.29 is 13.2 Å². The number of halogens is 1. The number of fused-ring (bicyclic) bond motifs is 1. The number of piperidine rings is 1. The number of rotatable bonds is 4. The molecule has 1 aromatic heterocycles. The molecule has 0 saturated carbocycles. The van der Waals surface area contributed by atoms with Crippen LogP contribution in [0.15, 0.2) is 47.4 Å². The summed E-state index contributed by atoms with van der Waals surface area (Å²) < 4.78 is 28.2. The number of thiazole rings is 1. The number of carbonyl (C=O) groups excluding carboxylic acids is 1. The van der Waals surface area contributed by atoms with E-state index >= 15 is 0 Å². The maximum absolute atomic E-state index is 12.9. The normalized spacial score (nSPS) is 15.6. The lowest BCUT2D eigenvalue weighted by molar-refractivity contribution is 0.102. The van der Waals surface area contributed by atoms with Gasteiger partial charge in [-0.05, 0) is 43.2 Å². The Balaban J connectivity index is 1.62. The molecule has 0 radical (unpaired) electrons. The molecule has 1 fully saturated rings. The highest BCUT2D eigenvalue weighted by atomic mass is 35.5. The lowest BCUT2D eigenvalue weighted by atomic mass is 10.2. The van der Waals surface area contributed by atoms with E-state index < -0.39 is 15.9 Å². The van der Waals surface area contributed by atoms with Gasteiger partial charge in [0.2, 0.25) is 10.0 Å². The smallest absolute Gasteiger partial charge is 0.259 e. The topological polar surface area (TPSA) is 79.4 Å². The first-order chi connectivity index (χ1) is 13.4. The largest absolute Gasteiger partial charge is 0.298 e. The Morgan fingerprint density at radius 1 is 1.11 bits per heavy atom. The molecule has 0 bridgehead atoms. The van der Waals surface area contributed by atoms with Crippen molar-refractivity contribution in [1.29, 1.82) is 0 Å². The zero-order chi connectivity index (χ0) is 19.7. The number of benzene rings is 2. The van der Waals surface area contributed by atoms with Crippen LogP contribution in [0.4, 0.5) is 5.13 Å². The Morgan fingerprint density at radius 2 is 1.86 bits per heavy atom. The van der Waals surface area contributed by atoms with Crippen LogP contribution in [0.3, 0.4) is 0 Å². The molecule has 9 heteroatoms. The fourth-order valence-corrected chi connectivity index (χ4v) is 5.79. The summed E-state index contributed by atoms with van der Waals surface area (Å²) in [6.45, 7) is 0.996. The van der Waals surface area contributed by atoms with Gasteiger partial charge < -0.3 is 0 Å². The van der Waals surface area contributed by atoms with E-state index in [2.05, 4.69) is 10.3 Å². The van der Waals surface area contributed by atoms with Crippen LogP contribution in [0.2, 0.25) is 5.02 Å². The molecule has 6 nitrogen and oxygen atoms in total. The first kappa shape index (κ1) is 19.3. The molecule has 28 heavy (non-hydrogen) atoms. The van der Waals surface area contributed by atoms with Crippen LogP contribution in [0, 0.1) is 0 Å². The minimum Gasteiger partial charge on any atom is -0.298 e. The Kier molecular flexibility index (Phi) is 5.37. The number of amides is 1. The van der Waals surface area contributed by atoms with Crippen molar-refractivity contribution in [3.05, 3.63) is 53.1 Å². The maximum Gasteiger partial charge on any atom is 0.259 e. The van der Waals surface area contributed by atoms with Crippen molar-refractivity contribution in [2.24, 2.45) is 0 Å². The number of hydrogen-bond donors (Lipinski definition) is 1. The first-order valence-corrected chi connectivity index (χ1v) is 11.6. The summed E-state index contributed by atoms with van der Waals surface area (Å²) in [6, 6.07) is 11.8. The van der Waals surface area contributed by atoms with Crippen molar-refractivity contribution >= 4 is 54.2 Å². The van der Waals surface area contributed by atoms with Gasteiger partial charge in [-0.2, -0.15) is 4.31 Å². The average Bonchev–Trinajstić information content (AvgIpc) is 3.11. The van der Waals surface area contributed by atoms with Crippen LogP contribution in [-0.2, 0) is 10.0 Å². The molecule has 2 aromatic carbocycles. The second-order valence-corrected chi connectivity index (χ2v) is 9.92. The zero-order valence-corrected chi connectivity index (χ0v) is 17.3. The second kappa shape index (κ2) is 7.79. The number of carbonyl (C=O) groups is 1. The maximum atomic E-state index is 12.9. The van der Waals surface area contributed by atoms with Gasteiger partial charge in [-0.25, -0.2) is 13.4 Å². The van der Waals surface area contributed by atoms with Crippen LogP contribution >= 0.6 is 22.9 Å². The third-order valence-corrected chi connectivity index (χ3v) is 7.83. The Bertz CT molecular complexity index is 1110. The van der Waals surface area contributed by atoms with Crippen LogP contribution in [0.5, 0.6) is 0 Å². The molecular weight excluding hydrogens is 418 g/mol. The lowest BCUT2D eigenvalue weighted by Crippen LogP contribution is -2.35. The summed E-state index contributed by atoms with van der Waals surface area (Å²) in [6.07, 6.45) is 2.72. The van der Waals surface area contributed by atoms with E-state index in [1.54, 1.807) is 0 Å². The van der Waals surface area contributed by atoms with E-state index in [-0.39, 0.29) is 15.5 Å². The summed E-state index contributed by atoms with van der Waals surface area (Å²) in [4.78, 5) is 17.2. The van der Waals surface area contributed by atoms with Crippen molar-refractivity contribution in [3.8, 4) is 0 Å². The number of hydrogen-bond acceptors (Lipinski definition) is 5. The molecule has 1 saturated heterocycles. The second-order valence-electron chi connectivity index (χ2n) is 6.55. The van der Waals surface area contributed by atoms with E-state index in [0.29, 0.717) is 18.2 Å². The highest BCUT2D eigenvalue weighted by Crippen LogP contribution is 2.28. The van der Waals surface area contributed by atoms with E-state index in [9.17, 15) is 13.2 Å². The molecule has 1 aliphatic rings. The minimum absolute atomic E-state index is 0.0771. The molecule has 2 heterocycles. The van der Waals surface area contributed by atoms with Crippen molar-refractivity contribution in [2.75, 3.05) is 18.4 Å². The van der Waals surface area contributed by atoms with Gasteiger partial charge in [-0.1, -0.05) is 41.5 Å². The highest BCUT2D eigenvalue weighted by Gasteiger charge is 2.27. The summed E-state index contributed by atoms with van der Waals surface area (Å²) in [5, 5.41) is 3.35. The SMILES string of the molecule is O=C(Nc1nc2ccccc2s1)c1cc(S(=O)(=O)N2CCCCC2)ccc1Cl. The Morgan fingerprint density at radius 3 is 2.61 bits per heavy atom. The molecule has 0 aliphatic carbocycles. The van der Waals surface area contributed by atoms with Gasteiger partial charge in [0.25, 0.3) is 5.91 Å². The predicted octanol–water partition coefficient (Wildman–Crippen LogP) is 4.38. The van der Waals surface area contributed by atoms with E-state index in [0.717, 1.165) is 29.5 Å². The van der Waals surface area contributed by atoms with Crippen LogP contribution < -0.4 is 5.32 Å². The number of aromatic nitrogens is 1. The Labute approximate surface area is 172 Å².